The van der Waals surface area contributed by atoms with Crippen LogP contribution >= 0.6 is 11.6 Å². The van der Waals surface area contributed by atoms with Gasteiger partial charge in [-0.25, -0.2) is 21.9 Å². The van der Waals surface area contributed by atoms with Gasteiger partial charge in [-0.1, -0.05) is 17.7 Å². The normalized spacial score (nSPS) is 11.5. The molecule has 118 valence electrons. The van der Waals surface area contributed by atoms with Crippen molar-refractivity contribution in [2.45, 2.75) is 11.4 Å². The van der Waals surface area contributed by atoms with E-state index in [1.165, 1.54) is 31.4 Å². The van der Waals surface area contributed by atoms with Gasteiger partial charge in [-0.2, -0.15) is 0 Å². The molecule has 0 aromatic heterocycles. The van der Waals surface area contributed by atoms with Gasteiger partial charge in [0.25, 0.3) is 0 Å². The Balaban J connectivity index is 2.26. The smallest absolute Gasteiger partial charge is 0.244 e. The molecule has 0 aliphatic rings. The second kappa shape index (κ2) is 6.60. The Labute approximate surface area is 131 Å². The van der Waals surface area contributed by atoms with Crippen LogP contribution in [0, 0.1) is 11.6 Å². The molecule has 0 saturated heterocycles. The Morgan fingerprint density at radius 1 is 1.18 bits per heavy atom. The quantitative estimate of drug-likeness (QED) is 0.904. The lowest BCUT2D eigenvalue weighted by Crippen LogP contribution is -2.24. The number of benzene rings is 2. The first-order chi connectivity index (χ1) is 10.3. The van der Waals surface area contributed by atoms with Crippen LogP contribution in [-0.2, 0) is 16.6 Å². The minimum absolute atomic E-state index is 0.0194. The van der Waals surface area contributed by atoms with Gasteiger partial charge in [-0.15, -0.1) is 0 Å². The van der Waals surface area contributed by atoms with Crippen LogP contribution in [-0.4, -0.2) is 15.5 Å². The maximum absolute atomic E-state index is 13.5. The predicted molar refractivity (Wildman–Crippen MR) is 78.4 cm³/mol. The van der Waals surface area contributed by atoms with Crippen LogP contribution in [0.15, 0.2) is 41.3 Å². The fraction of sp³-hybridized carbons (Fsp3) is 0.143. The number of hydrogen-bond donors (Lipinski definition) is 1. The molecule has 4 nitrogen and oxygen atoms in total. The van der Waals surface area contributed by atoms with Crippen LogP contribution in [0.4, 0.5) is 8.78 Å². The molecule has 2 aromatic carbocycles. The highest BCUT2D eigenvalue weighted by Gasteiger charge is 2.20. The molecular weight excluding hydrogens is 336 g/mol. The third kappa shape index (κ3) is 3.73. The zero-order valence-corrected chi connectivity index (χ0v) is 13.0. The summed E-state index contributed by atoms with van der Waals surface area (Å²) in [5.41, 5.74) is 0.0194. The van der Waals surface area contributed by atoms with Gasteiger partial charge >= 0.3 is 0 Å². The van der Waals surface area contributed by atoms with E-state index in [2.05, 4.69) is 4.72 Å². The largest absolute Gasteiger partial charge is 0.495 e. The van der Waals surface area contributed by atoms with E-state index in [0.717, 1.165) is 6.07 Å². The average Bonchev–Trinajstić information content (AvgIpc) is 2.46. The Bertz CT molecular complexity index is 797. The number of methoxy groups -OCH3 is 1. The summed E-state index contributed by atoms with van der Waals surface area (Å²) in [5.74, 6) is -1.46. The van der Waals surface area contributed by atoms with Crippen molar-refractivity contribution in [1.82, 2.24) is 4.72 Å². The Morgan fingerprint density at radius 2 is 1.91 bits per heavy atom. The highest BCUT2D eigenvalue weighted by molar-refractivity contribution is 7.89. The molecule has 8 heteroatoms. The van der Waals surface area contributed by atoms with Crippen molar-refractivity contribution < 1.29 is 21.9 Å². The van der Waals surface area contributed by atoms with Gasteiger partial charge < -0.3 is 4.74 Å². The molecule has 1 N–H and O–H groups in total. The predicted octanol–water partition coefficient (Wildman–Crippen LogP) is 3.11. The van der Waals surface area contributed by atoms with Crippen molar-refractivity contribution >= 4 is 21.6 Å². The standard InChI is InChI=1S/C14H12ClF2NO3S/c1-21-13-5-3-10(15)6-14(13)22(19,20)18-8-9-2-4-11(16)7-12(9)17/h2-7,18H,8H2,1H3. The molecule has 0 saturated carbocycles. The third-order valence-electron chi connectivity index (χ3n) is 2.88. The molecule has 0 aliphatic carbocycles. The summed E-state index contributed by atoms with van der Waals surface area (Å²) < 4.78 is 58.1. The van der Waals surface area contributed by atoms with Gasteiger partial charge in [0.2, 0.25) is 10.0 Å². The molecule has 0 bridgehead atoms. The fourth-order valence-electron chi connectivity index (χ4n) is 1.78. The van der Waals surface area contributed by atoms with Gasteiger partial charge in [0.1, 0.15) is 22.3 Å². The first-order valence-corrected chi connectivity index (χ1v) is 7.97. The summed E-state index contributed by atoms with van der Waals surface area (Å²) in [7, 11) is -2.65. The topological polar surface area (TPSA) is 55.4 Å². The van der Waals surface area contributed by atoms with E-state index < -0.39 is 21.7 Å². The van der Waals surface area contributed by atoms with Gasteiger partial charge in [0.15, 0.2) is 0 Å². The maximum Gasteiger partial charge on any atom is 0.244 e. The lowest BCUT2D eigenvalue weighted by molar-refractivity contribution is 0.402. The highest BCUT2D eigenvalue weighted by Crippen LogP contribution is 2.27. The van der Waals surface area contributed by atoms with E-state index in [4.69, 9.17) is 16.3 Å². The zero-order valence-electron chi connectivity index (χ0n) is 11.4. The Kier molecular flexibility index (Phi) is 5.00. The number of ether oxygens (including phenoxy) is 1. The maximum atomic E-state index is 13.5. The van der Waals surface area contributed by atoms with Crippen molar-refractivity contribution in [1.29, 1.82) is 0 Å². The molecule has 0 spiro atoms. The van der Waals surface area contributed by atoms with E-state index >= 15 is 0 Å². The van der Waals surface area contributed by atoms with Crippen molar-refractivity contribution in [2.24, 2.45) is 0 Å². The van der Waals surface area contributed by atoms with E-state index in [1.54, 1.807) is 0 Å². The Hall–Kier alpha value is -1.70. The summed E-state index contributed by atoms with van der Waals surface area (Å²) in [5, 5.41) is 0.217. The van der Waals surface area contributed by atoms with Crippen LogP contribution in [0.25, 0.3) is 0 Å². The number of nitrogens with one attached hydrogen (secondary N) is 1. The first kappa shape index (κ1) is 16.7. The second-order valence-corrected chi connectivity index (χ2v) is 6.53. The van der Waals surface area contributed by atoms with Crippen molar-refractivity contribution in [2.75, 3.05) is 7.11 Å². The number of sulfonamides is 1. The minimum Gasteiger partial charge on any atom is -0.495 e. The van der Waals surface area contributed by atoms with E-state index in [1.807, 2.05) is 0 Å². The van der Waals surface area contributed by atoms with Crippen LogP contribution in [0.1, 0.15) is 5.56 Å². The molecule has 0 radical (unpaired) electrons. The number of hydrogen-bond acceptors (Lipinski definition) is 3. The summed E-state index contributed by atoms with van der Waals surface area (Å²) in [6, 6.07) is 7.02. The molecule has 0 unspecified atom stereocenters. The van der Waals surface area contributed by atoms with E-state index in [0.29, 0.717) is 6.07 Å². The summed E-state index contributed by atoms with van der Waals surface area (Å²) >= 11 is 5.79. The van der Waals surface area contributed by atoms with E-state index in [-0.39, 0.29) is 27.8 Å². The van der Waals surface area contributed by atoms with Crippen LogP contribution in [0.3, 0.4) is 0 Å². The molecule has 0 aliphatic heterocycles. The number of rotatable bonds is 5. The zero-order chi connectivity index (χ0) is 16.3. The minimum atomic E-state index is -3.97. The molecular formula is C14H12ClF2NO3S. The SMILES string of the molecule is COc1ccc(Cl)cc1S(=O)(=O)NCc1ccc(F)cc1F. The van der Waals surface area contributed by atoms with Gasteiger partial charge in [-0.05, 0) is 24.3 Å². The summed E-state index contributed by atoms with van der Waals surface area (Å²) in [6.45, 7) is -0.329. The van der Waals surface area contributed by atoms with Crippen LogP contribution < -0.4 is 9.46 Å². The molecule has 2 rings (SSSR count). The molecule has 0 heterocycles. The lowest BCUT2D eigenvalue weighted by atomic mass is 10.2. The second-order valence-electron chi connectivity index (χ2n) is 4.36. The third-order valence-corrected chi connectivity index (χ3v) is 4.54. The monoisotopic (exact) mass is 347 g/mol. The van der Waals surface area contributed by atoms with Gasteiger partial charge in [0, 0.05) is 23.2 Å². The molecule has 22 heavy (non-hydrogen) atoms. The lowest BCUT2D eigenvalue weighted by Gasteiger charge is -2.11. The summed E-state index contributed by atoms with van der Waals surface area (Å²) in [6.07, 6.45) is 0. The molecule has 0 fully saturated rings. The van der Waals surface area contributed by atoms with Crippen LogP contribution in [0.2, 0.25) is 5.02 Å². The molecule has 0 atom stereocenters. The van der Waals surface area contributed by atoms with Crippen molar-refractivity contribution in [3.63, 3.8) is 0 Å². The molecule has 2 aromatic rings. The van der Waals surface area contributed by atoms with Gasteiger partial charge in [0.05, 0.1) is 7.11 Å². The molecule has 0 amide bonds. The van der Waals surface area contributed by atoms with Crippen molar-refractivity contribution in [3.8, 4) is 5.75 Å². The first-order valence-electron chi connectivity index (χ1n) is 6.10. The van der Waals surface area contributed by atoms with Crippen molar-refractivity contribution in [3.05, 3.63) is 58.6 Å². The average molecular weight is 348 g/mol. The summed E-state index contributed by atoms with van der Waals surface area (Å²) in [4.78, 5) is -0.162. The fourth-order valence-corrected chi connectivity index (χ4v) is 3.21. The van der Waals surface area contributed by atoms with Crippen LogP contribution in [0.5, 0.6) is 5.75 Å². The van der Waals surface area contributed by atoms with E-state index in [9.17, 15) is 17.2 Å². The highest BCUT2D eigenvalue weighted by atomic mass is 35.5. The Morgan fingerprint density at radius 3 is 2.55 bits per heavy atom. The van der Waals surface area contributed by atoms with Gasteiger partial charge in [-0.3, -0.25) is 0 Å². The number of halogens is 3.